The molecule has 1 aromatic heterocycles. The van der Waals surface area contributed by atoms with Crippen LogP contribution in [0.3, 0.4) is 0 Å². The Morgan fingerprint density at radius 2 is 2.08 bits per heavy atom. The number of hydrogen-bond acceptors (Lipinski definition) is 4. The molecule has 2 aromatic rings. The van der Waals surface area contributed by atoms with Gasteiger partial charge in [-0.05, 0) is 25.5 Å². The molecule has 1 aromatic carbocycles. The Bertz CT molecular complexity index is 940. The summed E-state index contributed by atoms with van der Waals surface area (Å²) in [5.74, 6) is -1.87. The van der Waals surface area contributed by atoms with Crippen molar-refractivity contribution in [2.45, 2.75) is 19.4 Å². The minimum atomic E-state index is -3.11. The zero-order chi connectivity index (χ0) is 18.4. The van der Waals surface area contributed by atoms with E-state index in [1.54, 1.807) is 14.0 Å². The second-order valence-corrected chi connectivity index (χ2v) is 8.35. The molecule has 25 heavy (non-hydrogen) atoms. The Kier molecular flexibility index (Phi) is 4.36. The van der Waals surface area contributed by atoms with Crippen molar-refractivity contribution < 1.29 is 22.0 Å². The molecule has 9 heteroatoms. The van der Waals surface area contributed by atoms with Crippen LogP contribution in [0.4, 0.5) is 8.78 Å². The van der Waals surface area contributed by atoms with Crippen LogP contribution in [0.15, 0.2) is 24.4 Å². The fourth-order valence-corrected chi connectivity index (χ4v) is 4.73. The van der Waals surface area contributed by atoms with Crippen LogP contribution in [0.5, 0.6) is 0 Å². The first-order valence-electron chi connectivity index (χ1n) is 7.67. The number of carbonyl (C=O) groups excluding carboxylic acids is 1. The standard InChI is InChI=1S/C16H17F2N3O3S/c1-10-13(16(22)20(2)12-5-6-25(23,24)9-12)8-19-21(10)15-4-3-11(17)7-14(15)18/h3-4,7-8,12H,5-6,9H2,1-2H3/t12-/m1/s1. The van der Waals surface area contributed by atoms with Crippen molar-refractivity contribution >= 4 is 15.7 Å². The number of sulfone groups is 1. The summed E-state index contributed by atoms with van der Waals surface area (Å²) in [6, 6.07) is 2.71. The highest BCUT2D eigenvalue weighted by Crippen LogP contribution is 2.22. The van der Waals surface area contributed by atoms with Gasteiger partial charge in [0.05, 0.1) is 29.0 Å². The van der Waals surface area contributed by atoms with Crippen LogP contribution in [-0.4, -0.2) is 53.6 Å². The molecule has 0 unspecified atom stereocenters. The summed E-state index contributed by atoms with van der Waals surface area (Å²) in [5, 5.41) is 4.02. The van der Waals surface area contributed by atoms with Crippen molar-refractivity contribution in [3.8, 4) is 5.69 Å². The third-order valence-electron chi connectivity index (χ3n) is 4.45. The smallest absolute Gasteiger partial charge is 0.257 e. The largest absolute Gasteiger partial charge is 0.338 e. The molecule has 1 atom stereocenters. The fraction of sp³-hybridized carbons (Fsp3) is 0.375. The molecule has 1 amide bonds. The van der Waals surface area contributed by atoms with E-state index in [9.17, 15) is 22.0 Å². The van der Waals surface area contributed by atoms with Gasteiger partial charge >= 0.3 is 0 Å². The lowest BCUT2D eigenvalue weighted by Crippen LogP contribution is -2.38. The summed E-state index contributed by atoms with van der Waals surface area (Å²) in [4.78, 5) is 14.1. The lowest BCUT2D eigenvalue weighted by Gasteiger charge is -2.23. The van der Waals surface area contributed by atoms with Crippen molar-refractivity contribution in [3.05, 3.63) is 47.3 Å². The van der Waals surface area contributed by atoms with Gasteiger partial charge in [-0.2, -0.15) is 5.10 Å². The Hall–Kier alpha value is -2.29. The van der Waals surface area contributed by atoms with Gasteiger partial charge in [0, 0.05) is 19.2 Å². The van der Waals surface area contributed by atoms with Crippen LogP contribution < -0.4 is 0 Å². The quantitative estimate of drug-likeness (QED) is 0.826. The monoisotopic (exact) mass is 369 g/mol. The first-order valence-corrected chi connectivity index (χ1v) is 9.49. The van der Waals surface area contributed by atoms with E-state index in [0.29, 0.717) is 12.1 Å². The van der Waals surface area contributed by atoms with E-state index in [1.165, 1.54) is 21.8 Å². The minimum absolute atomic E-state index is 0.0315. The maximum Gasteiger partial charge on any atom is 0.257 e. The summed E-state index contributed by atoms with van der Waals surface area (Å²) in [6.45, 7) is 1.60. The predicted octanol–water partition coefficient (Wildman–Crippen LogP) is 1.72. The third-order valence-corrected chi connectivity index (χ3v) is 6.20. The molecular weight excluding hydrogens is 352 g/mol. The Labute approximate surface area is 144 Å². The summed E-state index contributed by atoms with van der Waals surface area (Å²) in [7, 11) is -1.57. The lowest BCUT2D eigenvalue weighted by molar-refractivity contribution is 0.0747. The Balaban J connectivity index is 1.89. The summed E-state index contributed by atoms with van der Waals surface area (Å²) in [6.07, 6.45) is 1.70. The molecule has 6 nitrogen and oxygen atoms in total. The highest BCUT2D eigenvalue weighted by Gasteiger charge is 2.34. The van der Waals surface area contributed by atoms with Crippen LogP contribution in [0.25, 0.3) is 5.69 Å². The van der Waals surface area contributed by atoms with Gasteiger partial charge in [-0.1, -0.05) is 0 Å². The van der Waals surface area contributed by atoms with E-state index in [0.717, 1.165) is 12.1 Å². The SMILES string of the molecule is Cc1c(C(=O)N(C)[C@@H]2CCS(=O)(=O)C2)cnn1-c1ccc(F)cc1F. The van der Waals surface area contributed by atoms with Crippen LogP contribution in [0.2, 0.25) is 0 Å². The van der Waals surface area contributed by atoms with Crippen molar-refractivity contribution in [1.82, 2.24) is 14.7 Å². The summed E-state index contributed by atoms with van der Waals surface area (Å²) < 4.78 is 51.4. The molecule has 1 saturated heterocycles. The zero-order valence-corrected chi connectivity index (χ0v) is 14.6. The maximum absolute atomic E-state index is 14.0. The van der Waals surface area contributed by atoms with Crippen molar-refractivity contribution in [1.29, 1.82) is 0 Å². The second kappa shape index (κ2) is 6.21. The molecule has 0 saturated carbocycles. The van der Waals surface area contributed by atoms with E-state index in [2.05, 4.69) is 5.10 Å². The minimum Gasteiger partial charge on any atom is -0.338 e. The molecule has 0 radical (unpaired) electrons. The van der Waals surface area contributed by atoms with Gasteiger partial charge in [-0.3, -0.25) is 4.79 Å². The summed E-state index contributed by atoms with van der Waals surface area (Å²) in [5.41, 5.74) is 0.669. The fourth-order valence-electron chi connectivity index (χ4n) is 2.95. The number of rotatable bonds is 3. The van der Waals surface area contributed by atoms with Crippen molar-refractivity contribution in [2.75, 3.05) is 18.6 Å². The van der Waals surface area contributed by atoms with Crippen LogP contribution >= 0.6 is 0 Å². The lowest BCUT2D eigenvalue weighted by atomic mass is 10.1. The number of halogens is 2. The first-order chi connectivity index (χ1) is 11.7. The molecule has 3 rings (SSSR count). The second-order valence-electron chi connectivity index (χ2n) is 6.12. The molecule has 1 fully saturated rings. The van der Waals surface area contributed by atoms with Gasteiger partial charge in [0.2, 0.25) is 0 Å². The topological polar surface area (TPSA) is 72.3 Å². The molecule has 0 bridgehead atoms. The third kappa shape index (κ3) is 3.28. The van der Waals surface area contributed by atoms with Gasteiger partial charge in [-0.15, -0.1) is 0 Å². The van der Waals surface area contributed by atoms with Crippen molar-refractivity contribution in [2.24, 2.45) is 0 Å². The highest BCUT2D eigenvalue weighted by atomic mass is 32.2. The van der Waals surface area contributed by atoms with Crippen molar-refractivity contribution in [3.63, 3.8) is 0 Å². The number of aromatic nitrogens is 2. The van der Waals surface area contributed by atoms with Gasteiger partial charge in [-0.25, -0.2) is 21.9 Å². The van der Waals surface area contributed by atoms with Crippen LogP contribution in [-0.2, 0) is 9.84 Å². The molecule has 1 aliphatic rings. The average molecular weight is 369 g/mol. The van der Waals surface area contributed by atoms with E-state index >= 15 is 0 Å². The van der Waals surface area contributed by atoms with Gasteiger partial charge in [0.15, 0.2) is 15.7 Å². The molecular formula is C16H17F2N3O3S. The molecule has 2 heterocycles. The molecule has 0 aliphatic carbocycles. The maximum atomic E-state index is 14.0. The Morgan fingerprint density at radius 3 is 2.68 bits per heavy atom. The van der Waals surface area contributed by atoms with Gasteiger partial charge in [0.1, 0.15) is 11.5 Å². The predicted molar refractivity (Wildman–Crippen MR) is 87.4 cm³/mol. The molecule has 1 aliphatic heterocycles. The average Bonchev–Trinajstić information content (AvgIpc) is 3.09. The van der Waals surface area contributed by atoms with Crippen LogP contribution in [0, 0.1) is 18.6 Å². The highest BCUT2D eigenvalue weighted by molar-refractivity contribution is 7.91. The molecule has 0 spiro atoms. The number of hydrogen-bond donors (Lipinski definition) is 0. The molecule has 134 valence electrons. The van der Waals surface area contributed by atoms with Crippen LogP contribution in [0.1, 0.15) is 22.5 Å². The normalized spacial score (nSPS) is 19.1. The first kappa shape index (κ1) is 17.5. The molecule has 0 N–H and O–H groups in total. The van der Waals surface area contributed by atoms with E-state index < -0.39 is 21.5 Å². The number of nitrogens with zero attached hydrogens (tertiary/aromatic N) is 3. The van der Waals surface area contributed by atoms with E-state index in [1.807, 2.05) is 0 Å². The zero-order valence-electron chi connectivity index (χ0n) is 13.7. The Morgan fingerprint density at radius 1 is 1.36 bits per heavy atom. The van der Waals surface area contributed by atoms with Gasteiger partial charge < -0.3 is 4.90 Å². The number of benzene rings is 1. The van der Waals surface area contributed by atoms with E-state index in [-0.39, 0.29) is 34.7 Å². The van der Waals surface area contributed by atoms with E-state index in [4.69, 9.17) is 0 Å². The number of amides is 1. The number of carbonyl (C=O) groups is 1. The summed E-state index contributed by atoms with van der Waals surface area (Å²) >= 11 is 0. The van der Waals surface area contributed by atoms with Gasteiger partial charge in [0.25, 0.3) is 5.91 Å².